The van der Waals surface area contributed by atoms with Crippen LogP contribution in [0.4, 0.5) is 0 Å². The first kappa shape index (κ1) is 27.0. The van der Waals surface area contributed by atoms with Gasteiger partial charge in [-0.2, -0.15) is 0 Å². The fourth-order valence-electron chi connectivity index (χ4n) is 4.20. The van der Waals surface area contributed by atoms with Gasteiger partial charge in [0.05, 0.1) is 31.0 Å². The quantitative estimate of drug-likeness (QED) is 0.136. The van der Waals surface area contributed by atoms with Crippen LogP contribution in [0.15, 0.2) is 48.7 Å². The molecule has 1 saturated heterocycles. The lowest BCUT2D eigenvalue weighted by Crippen LogP contribution is -2.58. The van der Waals surface area contributed by atoms with Gasteiger partial charge in [-0.25, -0.2) is 4.79 Å². The average molecular weight is 493 g/mol. The predicted molar refractivity (Wildman–Crippen MR) is 122 cm³/mol. The van der Waals surface area contributed by atoms with Crippen LogP contribution in [0.1, 0.15) is 24.8 Å². The molecule has 5 N–H and O–H groups in total. The van der Waals surface area contributed by atoms with Crippen molar-refractivity contribution in [3.8, 4) is 0 Å². The fraction of sp³-hybridized carbons (Fsp3) is 0.520. The average Bonchev–Trinajstić information content (AvgIpc) is 2.88. The normalized spacial score (nSPS) is 35.7. The lowest BCUT2D eigenvalue weighted by molar-refractivity contribution is -0.288. The molecule has 10 heteroatoms. The maximum absolute atomic E-state index is 12.0. The van der Waals surface area contributed by atoms with Gasteiger partial charge in [-0.1, -0.05) is 30.3 Å². The zero-order chi connectivity index (χ0) is 25.4. The molecule has 0 spiro atoms. The van der Waals surface area contributed by atoms with Crippen molar-refractivity contribution in [1.29, 1.82) is 0 Å². The Balaban J connectivity index is 1.50. The van der Waals surface area contributed by atoms with Crippen molar-refractivity contribution in [3.63, 3.8) is 0 Å². The summed E-state index contributed by atoms with van der Waals surface area (Å²) in [6.07, 6.45) is -1.21. The summed E-state index contributed by atoms with van der Waals surface area (Å²) < 4.78 is 15.8. The van der Waals surface area contributed by atoms with Gasteiger partial charge in [0.15, 0.2) is 0 Å². The van der Waals surface area contributed by atoms with E-state index in [1.165, 1.54) is 12.2 Å². The number of carbonyl (C=O) groups is 2. The first-order valence-electron chi connectivity index (χ1n) is 11.5. The van der Waals surface area contributed by atoms with Crippen LogP contribution in [-0.4, -0.2) is 87.8 Å². The van der Waals surface area contributed by atoms with Gasteiger partial charge >= 0.3 is 5.97 Å². The Hall–Kier alpha value is -2.60. The van der Waals surface area contributed by atoms with Crippen LogP contribution in [0.3, 0.4) is 0 Å². The molecule has 8 atom stereocenters. The van der Waals surface area contributed by atoms with Gasteiger partial charge in [0, 0.05) is 6.08 Å². The Bertz CT molecular complexity index is 885. The predicted octanol–water partition coefficient (Wildman–Crippen LogP) is -0.0805. The lowest BCUT2D eigenvalue weighted by Gasteiger charge is -2.40. The van der Waals surface area contributed by atoms with Crippen molar-refractivity contribution in [1.82, 2.24) is 0 Å². The minimum atomic E-state index is -1.59. The highest BCUT2D eigenvalue weighted by atomic mass is 16.7. The van der Waals surface area contributed by atoms with E-state index in [0.29, 0.717) is 12.7 Å². The fourth-order valence-corrected chi connectivity index (χ4v) is 4.20. The number of aliphatic hydroxyl groups excluding tert-OH is 5. The molecule has 10 nitrogen and oxygen atoms in total. The van der Waals surface area contributed by atoms with E-state index in [4.69, 9.17) is 14.2 Å². The third-order valence-corrected chi connectivity index (χ3v) is 6.49. The van der Waals surface area contributed by atoms with E-state index in [1.807, 2.05) is 30.3 Å². The Morgan fingerprint density at radius 3 is 2.51 bits per heavy atom. The number of esters is 1. The first-order valence-corrected chi connectivity index (χ1v) is 11.5. The van der Waals surface area contributed by atoms with Crippen LogP contribution in [-0.2, 0) is 23.8 Å². The van der Waals surface area contributed by atoms with E-state index < -0.39 is 54.8 Å². The Labute approximate surface area is 203 Å². The molecule has 0 aromatic heterocycles. The van der Waals surface area contributed by atoms with Gasteiger partial charge in [-0.3, -0.25) is 0 Å². The molecular weight excluding hydrogens is 460 g/mol. The van der Waals surface area contributed by atoms with Crippen molar-refractivity contribution in [2.45, 2.75) is 56.1 Å². The summed E-state index contributed by atoms with van der Waals surface area (Å²) >= 11 is 0. The molecule has 2 fully saturated rings. The molecule has 0 radical (unpaired) electrons. The second-order valence-corrected chi connectivity index (χ2v) is 8.90. The van der Waals surface area contributed by atoms with Gasteiger partial charge in [0.25, 0.3) is 0 Å². The van der Waals surface area contributed by atoms with E-state index >= 15 is 0 Å². The molecule has 8 unspecified atom stereocenters. The van der Waals surface area contributed by atoms with Gasteiger partial charge in [0.2, 0.25) is 6.29 Å². The second-order valence-electron chi connectivity index (χ2n) is 8.90. The van der Waals surface area contributed by atoms with Gasteiger partial charge in [-0.05, 0) is 42.9 Å². The molecule has 1 aromatic rings. The molecular formula is C25H32O10. The monoisotopic (exact) mass is 492 g/mol. The highest BCUT2D eigenvalue weighted by Crippen LogP contribution is 2.39. The molecule has 2 aliphatic rings. The molecule has 3 rings (SSSR count). The van der Waals surface area contributed by atoms with Crippen molar-refractivity contribution in [2.24, 2.45) is 11.3 Å². The summed E-state index contributed by atoms with van der Waals surface area (Å²) in [5, 5.41) is 49.6. The van der Waals surface area contributed by atoms with Gasteiger partial charge in [0.1, 0.15) is 30.7 Å². The van der Waals surface area contributed by atoms with Crippen LogP contribution in [0.2, 0.25) is 0 Å². The van der Waals surface area contributed by atoms with Crippen molar-refractivity contribution < 1.29 is 49.3 Å². The van der Waals surface area contributed by atoms with Crippen molar-refractivity contribution in [3.05, 3.63) is 54.3 Å². The molecule has 0 bridgehead atoms. The second kappa shape index (κ2) is 12.4. The van der Waals surface area contributed by atoms with E-state index in [2.05, 4.69) is 0 Å². The maximum atomic E-state index is 12.0. The summed E-state index contributed by atoms with van der Waals surface area (Å²) in [5.41, 5.74) is -0.381. The molecule has 35 heavy (non-hydrogen) atoms. The van der Waals surface area contributed by atoms with Gasteiger partial charge < -0.3 is 44.5 Å². The third-order valence-electron chi connectivity index (χ3n) is 6.49. The van der Waals surface area contributed by atoms with Crippen LogP contribution < -0.4 is 0 Å². The van der Waals surface area contributed by atoms with Crippen LogP contribution in [0, 0.1) is 11.3 Å². The van der Waals surface area contributed by atoms with Crippen LogP contribution in [0.5, 0.6) is 0 Å². The zero-order valence-corrected chi connectivity index (χ0v) is 19.1. The van der Waals surface area contributed by atoms with E-state index in [1.54, 1.807) is 6.08 Å². The highest BCUT2D eigenvalue weighted by Gasteiger charge is 2.45. The summed E-state index contributed by atoms with van der Waals surface area (Å²) in [6, 6.07) is 9.30. The Morgan fingerprint density at radius 1 is 1.11 bits per heavy atom. The topological polar surface area (TPSA) is 163 Å². The highest BCUT2D eigenvalue weighted by molar-refractivity contribution is 5.87. The zero-order valence-electron chi connectivity index (χ0n) is 19.1. The number of carbonyl (C=O) groups excluding carboxylic acids is 2. The minimum absolute atomic E-state index is 0.106. The number of hydrogen-bond donors (Lipinski definition) is 5. The van der Waals surface area contributed by atoms with Gasteiger partial charge in [-0.15, -0.1) is 0 Å². The summed E-state index contributed by atoms with van der Waals surface area (Å²) in [4.78, 5) is 23.9. The van der Waals surface area contributed by atoms with E-state index in [-0.39, 0.29) is 25.4 Å². The number of aldehydes is 1. The number of hydrogen-bond acceptors (Lipinski definition) is 10. The molecule has 1 aromatic carbocycles. The molecule has 1 aliphatic heterocycles. The molecule has 1 heterocycles. The Kier molecular flexibility index (Phi) is 9.55. The summed E-state index contributed by atoms with van der Waals surface area (Å²) in [5.74, 6) is -0.629. The number of benzene rings is 1. The van der Waals surface area contributed by atoms with Crippen molar-refractivity contribution >= 4 is 18.3 Å². The minimum Gasteiger partial charge on any atom is -0.470 e. The van der Waals surface area contributed by atoms with Crippen LogP contribution in [0.25, 0.3) is 6.08 Å². The molecule has 0 amide bonds. The van der Waals surface area contributed by atoms with E-state index in [9.17, 15) is 35.1 Å². The molecule has 192 valence electrons. The maximum Gasteiger partial charge on any atom is 0.330 e. The first-order chi connectivity index (χ1) is 16.8. The number of rotatable bonds is 9. The summed E-state index contributed by atoms with van der Waals surface area (Å²) in [6.45, 7) is -0.492. The SMILES string of the molecule is O=CC1(C=COC2OC(CO)C(O)C(O)C2O)CCC(COC(=O)C=Cc2ccccc2)CC1O. The lowest BCUT2D eigenvalue weighted by atomic mass is 9.69. The Morgan fingerprint density at radius 2 is 1.86 bits per heavy atom. The molecule has 1 saturated carbocycles. The third kappa shape index (κ3) is 6.75. The number of aliphatic hydroxyl groups is 5. The van der Waals surface area contributed by atoms with Crippen LogP contribution >= 0.6 is 0 Å². The van der Waals surface area contributed by atoms with E-state index in [0.717, 1.165) is 11.8 Å². The smallest absolute Gasteiger partial charge is 0.330 e. The van der Waals surface area contributed by atoms with Crippen molar-refractivity contribution in [2.75, 3.05) is 13.2 Å². The standard InChI is InChI=1S/C25H32O10/c26-13-18-21(30)22(31)23(32)24(35-18)33-11-10-25(15-27)9-8-17(12-19(25)28)14-34-20(29)7-6-16-4-2-1-3-5-16/h1-7,10-11,15,17-19,21-24,26,28,30-32H,8-9,12-14H2. The number of ether oxygens (including phenoxy) is 3. The summed E-state index contributed by atoms with van der Waals surface area (Å²) in [7, 11) is 0. The molecule has 1 aliphatic carbocycles. The largest absolute Gasteiger partial charge is 0.470 e.